The minimum atomic E-state index is -3.50. The predicted octanol–water partition coefficient (Wildman–Crippen LogP) is 2.43. The molecule has 8 heteroatoms. The number of carbonyl (C=O) groups excluding carboxylic acids is 2. The van der Waals surface area contributed by atoms with Gasteiger partial charge in [0.25, 0.3) is 11.7 Å². The third-order valence-corrected chi connectivity index (χ3v) is 6.30. The number of Topliss-reactive ketones (excluding diaryl/α,β-unsaturated/α-hetero) is 1. The van der Waals surface area contributed by atoms with E-state index in [1.165, 1.54) is 31.1 Å². The van der Waals surface area contributed by atoms with Gasteiger partial charge in [0.1, 0.15) is 0 Å². The fourth-order valence-electron chi connectivity index (χ4n) is 2.58. The minimum Gasteiger partial charge on any atom is -0.300 e. The Labute approximate surface area is 154 Å². The van der Waals surface area contributed by atoms with Gasteiger partial charge in [-0.3, -0.25) is 9.59 Å². The van der Waals surface area contributed by atoms with E-state index >= 15 is 0 Å². The molecule has 0 atom stereocenters. The summed E-state index contributed by atoms with van der Waals surface area (Å²) >= 11 is 3.34. The molecule has 0 saturated heterocycles. The number of fused-ring (bicyclic) bond motifs is 1. The quantitative estimate of drug-likeness (QED) is 0.709. The molecule has 0 aromatic heterocycles. The normalized spacial score (nSPS) is 14.3. The predicted molar refractivity (Wildman–Crippen MR) is 97.0 cm³/mol. The standard InChI is InChI=1S/C17H15BrN2O4S/c1-19(2)25(23,24)13-6-3-11(4-7-13)10-20-15-9-12(18)5-8-14(15)16(21)17(20)22/h3-9H,10H2,1-2H3. The van der Waals surface area contributed by atoms with Gasteiger partial charge in [-0.2, -0.15) is 0 Å². The van der Waals surface area contributed by atoms with Crippen molar-refractivity contribution in [3.05, 3.63) is 58.1 Å². The van der Waals surface area contributed by atoms with Gasteiger partial charge in [-0.15, -0.1) is 0 Å². The SMILES string of the molecule is CN(C)S(=O)(=O)c1ccc(CN2C(=O)C(=O)c3ccc(Br)cc32)cc1. The Morgan fingerprint density at radius 3 is 2.28 bits per heavy atom. The maximum absolute atomic E-state index is 12.3. The summed E-state index contributed by atoms with van der Waals surface area (Å²) in [6, 6.07) is 11.3. The van der Waals surface area contributed by atoms with Crippen molar-refractivity contribution < 1.29 is 18.0 Å². The number of sulfonamides is 1. The first-order valence-corrected chi connectivity index (χ1v) is 9.62. The summed E-state index contributed by atoms with van der Waals surface area (Å²) in [6.45, 7) is 0.191. The molecule has 130 valence electrons. The number of amides is 1. The van der Waals surface area contributed by atoms with E-state index < -0.39 is 21.7 Å². The smallest absolute Gasteiger partial charge is 0.299 e. The number of benzene rings is 2. The minimum absolute atomic E-state index is 0.174. The highest BCUT2D eigenvalue weighted by atomic mass is 79.9. The summed E-state index contributed by atoms with van der Waals surface area (Å²) in [5, 5.41) is 0. The second-order valence-corrected chi connectivity index (χ2v) is 8.88. The molecule has 1 heterocycles. The van der Waals surface area contributed by atoms with Crippen LogP contribution >= 0.6 is 15.9 Å². The Morgan fingerprint density at radius 2 is 1.68 bits per heavy atom. The summed E-state index contributed by atoms with van der Waals surface area (Å²) in [5.41, 5.74) is 1.65. The van der Waals surface area contributed by atoms with Crippen LogP contribution in [0.3, 0.4) is 0 Å². The highest BCUT2D eigenvalue weighted by Crippen LogP contribution is 2.33. The van der Waals surface area contributed by atoms with Crippen molar-refractivity contribution in [1.82, 2.24) is 4.31 Å². The van der Waals surface area contributed by atoms with Crippen LogP contribution in [0.1, 0.15) is 15.9 Å². The summed E-state index contributed by atoms with van der Waals surface area (Å²) in [4.78, 5) is 25.9. The first kappa shape index (κ1) is 17.8. The molecule has 0 bridgehead atoms. The summed E-state index contributed by atoms with van der Waals surface area (Å²) in [6.07, 6.45) is 0. The summed E-state index contributed by atoms with van der Waals surface area (Å²) in [5.74, 6) is -1.12. The van der Waals surface area contributed by atoms with Crippen LogP contribution in [-0.4, -0.2) is 38.5 Å². The number of carbonyl (C=O) groups is 2. The van der Waals surface area contributed by atoms with Gasteiger partial charge in [0.05, 0.1) is 22.7 Å². The lowest BCUT2D eigenvalue weighted by Gasteiger charge is -2.17. The number of nitrogens with zero attached hydrogens (tertiary/aromatic N) is 2. The van der Waals surface area contributed by atoms with E-state index in [-0.39, 0.29) is 11.4 Å². The molecule has 25 heavy (non-hydrogen) atoms. The molecule has 1 amide bonds. The highest BCUT2D eigenvalue weighted by Gasteiger charge is 2.35. The fourth-order valence-corrected chi connectivity index (χ4v) is 3.84. The van der Waals surface area contributed by atoms with Gasteiger partial charge in [-0.1, -0.05) is 28.1 Å². The third kappa shape index (κ3) is 3.12. The molecule has 2 aromatic rings. The van der Waals surface area contributed by atoms with Crippen LogP contribution in [0.4, 0.5) is 5.69 Å². The van der Waals surface area contributed by atoms with Crippen LogP contribution in [0.5, 0.6) is 0 Å². The van der Waals surface area contributed by atoms with Gasteiger partial charge in [-0.05, 0) is 35.9 Å². The average molecular weight is 423 g/mol. The fraction of sp³-hybridized carbons (Fsp3) is 0.176. The van der Waals surface area contributed by atoms with Crippen LogP contribution < -0.4 is 4.90 Å². The van der Waals surface area contributed by atoms with Crippen molar-refractivity contribution in [3.63, 3.8) is 0 Å². The van der Waals surface area contributed by atoms with Crippen molar-refractivity contribution >= 4 is 43.3 Å². The topological polar surface area (TPSA) is 74.8 Å². The number of halogens is 1. The number of ketones is 1. The van der Waals surface area contributed by atoms with Crippen LogP contribution in [0.2, 0.25) is 0 Å². The monoisotopic (exact) mass is 422 g/mol. The molecule has 0 N–H and O–H groups in total. The van der Waals surface area contributed by atoms with E-state index in [9.17, 15) is 18.0 Å². The van der Waals surface area contributed by atoms with Crippen molar-refractivity contribution in [3.8, 4) is 0 Å². The largest absolute Gasteiger partial charge is 0.300 e. The Morgan fingerprint density at radius 1 is 1.04 bits per heavy atom. The van der Waals surface area contributed by atoms with Crippen molar-refractivity contribution in [1.29, 1.82) is 0 Å². The molecule has 0 fully saturated rings. The van der Waals surface area contributed by atoms with E-state index in [1.54, 1.807) is 30.3 Å². The van der Waals surface area contributed by atoms with E-state index in [2.05, 4.69) is 15.9 Å². The van der Waals surface area contributed by atoms with E-state index in [4.69, 9.17) is 0 Å². The molecule has 1 aliphatic rings. The average Bonchev–Trinajstić information content (AvgIpc) is 2.80. The molecule has 0 aliphatic carbocycles. The van der Waals surface area contributed by atoms with Gasteiger partial charge >= 0.3 is 0 Å². The van der Waals surface area contributed by atoms with Gasteiger partial charge in [0.2, 0.25) is 10.0 Å². The summed E-state index contributed by atoms with van der Waals surface area (Å²) < 4.78 is 26.1. The molecule has 0 radical (unpaired) electrons. The maximum atomic E-state index is 12.3. The van der Waals surface area contributed by atoms with Gasteiger partial charge < -0.3 is 4.90 Å². The zero-order chi connectivity index (χ0) is 18.4. The van der Waals surface area contributed by atoms with Crippen LogP contribution in [-0.2, 0) is 21.4 Å². The summed E-state index contributed by atoms with van der Waals surface area (Å²) in [7, 11) is -0.573. The molecule has 6 nitrogen and oxygen atoms in total. The molecule has 0 spiro atoms. The Balaban J connectivity index is 1.90. The first-order chi connectivity index (χ1) is 11.7. The van der Waals surface area contributed by atoms with E-state index in [0.717, 1.165) is 14.3 Å². The molecular weight excluding hydrogens is 408 g/mol. The van der Waals surface area contributed by atoms with Crippen molar-refractivity contribution in [2.75, 3.05) is 19.0 Å². The zero-order valence-electron chi connectivity index (χ0n) is 13.6. The highest BCUT2D eigenvalue weighted by molar-refractivity contribution is 9.10. The molecular formula is C17H15BrN2O4S. The molecule has 1 aliphatic heterocycles. The second-order valence-electron chi connectivity index (χ2n) is 5.81. The number of anilines is 1. The number of rotatable bonds is 4. The Kier molecular flexibility index (Phi) is 4.52. The van der Waals surface area contributed by atoms with Crippen LogP contribution in [0, 0.1) is 0 Å². The number of hydrogen-bond donors (Lipinski definition) is 0. The lowest BCUT2D eigenvalue weighted by atomic mass is 10.1. The Hall–Kier alpha value is -2.03. The Bertz CT molecular complexity index is 969. The van der Waals surface area contributed by atoms with Gasteiger partial charge in [-0.25, -0.2) is 12.7 Å². The third-order valence-electron chi connectivity index (χ3n) is 3.98. The molecule has 2 aromatic carbocycles. The van der Waals surface area contributed by atoms with Crippen molar-refractivity contribution in [2.45, 2.75) is 11.4 Å². The van der Waals surface area contributed by atoms with Crippen LogP contribution in [0.15, 0.2) is 51.8 Å². The van der Waals surface area contributed by atoms with Gasteiger partial charge in [0, 0.05) is 18.6 Å². The molecule has 0 unspecified atom stereocenters. The van der Waals surface area contributed by atoms with Gasteiger partial charge in [0.15, 0.2) is 0 Å². The lowest BCUT2D eigenvalue weighted by molar-refractivity contribution is -0.114. The molecule has 0 saturated carbocycles. The van der Waals surface area contributed by atoms with E-state index in [1.807, 2.05) is 0 Å². The molecule has 3 rings (SSSR count). The maximum Gasteiger partial charge on any atom is 0.299 e. The van der Waals surface area contributed by atoms with Crippen molar-refractivity contribution in [2.24, 2.45) is 0 Å². The van der Waals surface area contributed by atoms with E-state index in [0.29, 0.717) is 11.3 Å². The number of hydrogen-bond acceptors (Lipinski definition) is 4. The second kappa shape index (κ2) is 6.36. The zero-order valence-corrected chi connectivity index (χ0v) is 16.0. The first-order valence-electron chi connectivity index (χ1n) is 7.39. The van der Waals surface area contributed by atoms with Crippen LogP contribution in [0.25, 0.3) is 0 Å². The lowest BCUT2D eigenvalue weighted by Crippen LogP contribution is -2.29.